The maximum absolute atomic E-state index is 14.3. The number of allylic oxidation sites excluding steroid dienone is 2. The Kier molecular flexibility index (Phi) is 6.59. The lowest BCUT2D eigenvalue weighted by atomic mass is 10.1. The maximum atomic E-state index is 14.3. The van der Waals surface area contributed by atoms with E-state index < -0.39 is 5.82 Å². The standard InChI is InChI=1S/C31H32FN3OS/c1-2-4-22-15-23(22)16-25-5-3-14-35(25)19-20-6-8-21(9-7-20)30-18-27-31(37-30)29(12-13-34-27)36-28-11-10-24(33)17-26(28)32/h6-13,16-18,22-23H,2-5,14-15,19,33H2,1H3/b25-16+/t22?,23-/m1/s1. The van der Waals surface area contributed by atoms with E-state index in [1.54, 1.807) is 41.4 Å². The molecule has 0 spiro atoms. The Labute approximate surface area is 221 Å². The maximum Gasteiger partial charge on any atom is 0.167 e. The molecule has 2 N–H and O–H groups in total. The smallest absolute Gasteiger partial charge is 0.167 e. The number of rotatable bonds is 8. The molecule has 190 valence electrons. The van der Waals surface area contributed by atoms with E-state index in [4.69, 9.17) is 10.5 Å². The highest BCUT2D eigenvalue weighted by Crippen LogP contribution is 2.45. The summed E-state index contributed by atoms with van der Waals surface area (Å²) in [7, 11) is 0. The van der Waals surface area contributed by atoms with E-state index in [1.165, 1.54) is 43.7 Å². The molecule has 37 heavy (non-hydrogen) atoms. The molecular formula is C31H32FN3OS. The summed E-state index contributed by atoms with van der Waals surface area (Å²) in [5.41, 5.74) is 10.9. The van der Waals surface area contributed by atoms with Crippen LogP contribution in [0.3, 0.4) is 0 Å². The van der Waals surface area contributed by atoms with Gasteiger partial charge in [-0.05, 0) is 60.4 Å². The van der Waals surface area contributed by atoms with Crippen molar-refractivity contribution in [2.45, 2.75) is 45.6 Å². The second-order valence-electron chi connectivity index (χ2n) is 10.3. The fourth-order valence-electron chi connectivity index (χ4n) is 5.40. The first-order valence-electron chi connectivity index (χ1n) is 13.2. The minimum atomic E-state index is -0.480. The Morgan fingerprint density at radius 3 is 2.81 bits per heavy atom. The predicted octanol–water partition coefficient (Wildman–Crippen LogP) is 8.39. The molecule has 1 aliphatic heterocycles. The van der Waals surface area contributed by atoms with Crippen LogP contribution in [0.15, 0.2) is 72.6 Å². The molecule has 0 amide bonds. The van der Waals surface area contributed by atoms with Gasteiger partial charge in [-0.1, -0.05) is 50.1 Å². The summed E-state index contributed by atoms with van der Waals surface area (Å²) in [5, 5.41) is 0. The molecule has 2 aromatic carbocycles. The van der Waals surface area contributed by atoms with Crippen LogP contribution in [0.5, 0.6) is 11.5 Å². The summed E-state index contributed by atoms with van der Waals surface area (Å²) < 4.78 is 21.1. The molecular weight excluding hydrogens is 481 g/mol. The lowest BCUT2D eigenvalue weighted by molar-refractivity contribution is 0.384. The predicted molar refractivity (Wildman–Crippen MR) is 150 cm³/mol. The Morgan fingerprint density at radius 1 is 1.14 bits per heavy atom. The van der Waals surface area contributed by atoms with Gasteiger partial charge >= 0.3 is 0 Å². The molecule has 0 radical (unpaired) electrons. The van der Waals surface area contributed by atoms with Crippen LogP contribution in [0.1, 0.15) is 44.6 Å². The number of hydrogen-bond donors (Lipinski definition) is 1. The van der Waals surface area contributed by atoms with Crippen molar-refractivity contribution in [3.05, 3.63) is 83.9 Å². The first kappa shape index (κ1) is 24.0. The Bertz CT molecular complexity index is 1440. The molecule has 1 saturated carbocycles. The zero-order valence-corrected chi connectivity index (χ0v) is 21.9. The number of hydrogen-bond acceptors (Lipinski definition) is 5. The molecule has 1 saturated heterocycles. The molecule has 2 atom stereocenters. The van der Waals surface area contributed by atoms with Gasteiger partial charge in [-0.15, -0.1) is 11.3 Å². The summed E-state index contributed by atoms with van der Waals surface area (Å²) in [4.78, 5) is 8.19. The van der Waals surface area contributed by atoms with E-state index in [9.17, 15) is 4.39 Å². The van der Waals surface area contributed by atoms with E-state index in [0.29, 0.717) is 11.4 Å². The van der Waals surface area contributed by atoms with Crippen molar-refractivity contribution in [1.29, 1.82) is 0 Å². The van der Waals surface area contributed by atoms with Gasteiger partial charge in [0, 0.05) is 47.7 Å². The van der Waals surface area contributed by atoms with Crippen LogP contribution >= 0.6 is 11.3 Å². The number of likely N-dealkylation sites (tertiary alicyclic amines) is 1. The van der Waals surface area contributed by atoms with Crippen molar-refractivity contribution in [3.8, 4) is 21.9 Å². The van der Waals surface area contributed by atoms with Crippen molar-refractivity contribution in [3.63, 3.8) is 0 Å². The molecule has 1 unspecified atom stereocenters. The second-order valence-corrected chi connectivity index (χ2v) is 11.3. The van der Waals surface area contributed by atoms with E-state index in [1.807, 2.05) is 0 Å². The fourth-order valence-corrected chi connectivity index (χ4v) is 6.47. The lowest BCUT2D eigenvalue weighted by Gasteiger charge is -2.20. The van der Waals surface area contributed by atoms with Gasteiger partial charge in [0.05, 0.1) is 10.2 Å². The minimum Gasteiger partial charge on any atom is -0.453 e. The number of thiophene rings is 1. The average Bonchev–Trinajstić information content (AvgIpc) is 3.25. The molecule has 4 aromatic rings. The average molecular weight is 514 g/mol. The zero-order chi connectivity index (χ0) is 25.4. The number of anilines is 1. The van der Waals surface area contributed by atoms with Crippen LogP contribution in [0.25, 0.3) is 20.7 Å². The van der Waals surface area contributed by atoms with Crippen LogP contribution in [-0.4, -0.2) is 16.4 Å². The van der Waals surface area contributed by atoms with Gasteiger partial charge in [0.15, 0.2) is 11.6 Å². The van der Waals surface area contributed by atoms with E-state index >= 15 is 0 Å². The molecule has 2 fully saturated rings. The lowest BCUT2D eigenvalue weighted by Crippen LogP contribution is -2.17. The number of ether oxygens (including phenoxy) is 1. The molecule has 4 nitrogen and oxygen atoms in total. The molecule has 2 aliphatic rings. The molecule has 1 aliphatic carbocycles. The van der Waals surface area contributed by atoms with Gasteiger partial charge in [0.1, 0.15) is 5.75 Å². The molecule has 6 heteroatoms. The van der Waals surface area contributed by atoms with Crippen LogP contribution < -0.4 is 10.5 Å². The largest absolute Gasteiger partial charge is 0.453 e. The van der Waals surface area contributed by atoms with Gasteiger partial charge in [-0.3, -0.25) is 4.98 Å². The van der Waals surface area contributed by atoms with Crippen LogP contribution in [0.4, 0.5) is 10.1 Å². The number of pyridine rings is 1. The topological polar surface area (TPSA) is 51.4 Å². The fraction of sp³-hybridized carbons (Fsp3) is 0.323. The van der Waals surface area contributed by atoms with Crippen molar-refractivity contribution in [2.24, 2.45) is 11.8 Å². The monoisotopic (exact) mass is 513 g/mol. The highest BCUT2D eigenvalue weighted by molar-refractivity contribution is 7.22. The summed E-state index contributed by atoms with van der Waals surface area (Å²) in [6.07, 6.45) is 10.8. The third-order valence-corrected chi connectivity index (χ3v) is 8.66. The van der Waals surface area contributed by atoms with Gasteiger partial charge < -0.3 is 15.4 Å². The molecule has 0 bridgehead atoms. The van der Waals surface area contributed by atoms with E-state index in [2.05, 4.69) is 53.2 Å². The van der Waals surface area contributed by atoms with E-state index in [-0.39, 0.29) is 5.75 Å². The minimum absolute atomic E-state index is 0.152. The molecule has 6 rings (SSSR count). The summed E-state index contributed by atoms with van der Waals surface area (Å²) >= 11 is 1.61. The van der Waals surface area contributed by atoms with Crippen LogP contribution in [0.2, 0.25) is 0 Å². The number of halogens is 1. The SMILES string of the molecule is CCCC1C[C@@H]1/C=C1\CCCN1Cc1ccc(-c2cc3nccc(Oc4ccc(N)cc4F)c3s2)cc1. The van der Waals surface area contributed by atoms with Crippen molar-refractivity contribution < 1.29 is 9.13 Å². The first-order chi connectivity index (χ1) is 18.1. The Balaban J connectivity index is 1.17. The summed E-state index contributed by atoms with van der Waals surface area (Å²) in [6, 6.07) is 17.2. The third-order valence-electron chi connectivity index (χ3n) is 7.47. The number of fused-ring (bicyclic) bond motifs is 1. The van der Waals surface area contributed by atoms with E-state index in [0.717, 1.165) is 45.6 Å². The number of aromatic nitrogens is 1. The highest BCUT2D eigenvalue weighted by atomic mass is 32.1. The van der Waals surface area contributed by atoms with Crippen molar-refractivity contribution in [2.75, 3.05) is 12.3 Å². The van der Waals surface area contributed by atoms with Crippen LogP contribution in [-0.2, 0) is 6.54 Å². The van der Waals surface area contributed by atoms with Gasteiger partial charge in [-0.2, -0.15) is 0 Å². The second kappa shape index (κ2) is 10.2. The van der Waals surface area contributed by atoms with Gasteiger partial charge in [-0.25, -0.2) is 4.39 Å². The molecule has 3 heterocycles. The number of nitrogens with two attached hydrogens (primary N) is 1. The van der Waals surface area contributed by atoms with Gasteiger partial charge in [0.2, 0.25) is 0 Å². The Morgan fingerprint density at radius 2 is 2.00 bits per heavy atom. The Hall–Kier alpha value is -3.38. The summed E-state index contributed by atoms with van der Waals surface area (Å²) in [6.45, 7) is 4.41. The quantitative estimate of drug-likeness (QED) is 0.240. The van der Waals surface area contributed by atoms with Crippen molar-refractivity contribution >= 4 is 27.2 Å². The number of nitrogens with zero attached hydrogens (tertiary/aromatic N) is 2. The first-order valence-corrected chi connectivity index (χ1v) is 14.1. The zero-order valence-electron chi connectivity index (χ0n) is 21.1. The number of benzene rings is 2. The highest BCUT2D eigenvalue weighted by Gasteiger charge is 2.35. The normalized spacial score (nSPS) is 20.2. The number of nitrogen functional groups attached to an aromatic ring is 1. The van der Waals surface area contributed by atoms with Gasteiger partial charge in [0.25, 0.3) is 0 Å². The molecule has 2 aromatic heterocycles. The third kappa shape index (κ3) is 5.21. The summed E-state index contributed by atoms with van der Waals surface area (Å²) in [5.74, 6) is 1.99. The van der Waals surface area contributed by atoms with Crippen LogP contribution in [0, 0.1) is 17.7 Å². The van der Waals surface area contributed by atoms with Crippen molar-refractivity contribution in [1.82, 2.24) is 9.88 Å².